The van der Waals surface area contributed by atoms with Crippen LogP contribution < -0.4 is 0 Å². The minimum atomic E-state index is -1.12. The molecule has 1 aliphatic heterocycles. The molecule has 1 fully saturated rings. The van der Waals surface area contributed by atoms with Crippen LogP contribution in [0.4, 0.5) is 0 Å². The first-order valence-corrected chi connectivity index (χ1v) is 6.48. The number of hydrogen-bond acceptors (Lipinski definition) is 3. The van der Waals surface area contributed by atoms with E-state index in [0.717, 1.165) is 0 Å². The molecule has 0 spiro atoms. The molecule has 0 amide bonds. The highest BCUT2D eigenvalue weighted by Crippen LogP contribution is 2.17. The zero-order valence-electron chi connectivity index (χ0n) is 6.80. The van der Waals surface area contributed by atoms with Crippen LogP contribution in [0.1, 0.15) is 6.92 Å². The summed E-state index contributed by atoms with van der Waals surface area (Å²) < 4.78 is 21.9. The van der Waals surface area contributed by atoms with Crippen molar-refractivity contribution in [2.24, 2.45) is 0 Å². The number of hydrogen-bond donors (Lipinski definition) is 1. The summed E-state index contributed by atoms with van der Waals surface area (Å²) in [6, 6.07) is 0. The van der Waals surface area contributed by atoms with Gasteiger partial charge >= 0.3 is 0 Å². The summed E-state index contributed by atoms with van der Waals surface area (Å²) in [6.45, 7) is 1.77. The van der Waals surface area contributed by atoms with E-state index >= 15 is 0 Å². The monoisotopic (exact) mass is 208 g/mol. The molecule has 1 rings (SSSR count). The van der Waals surface area contributed by atoms with Crippen LogP contribution in [0.25, 0.3) is 0 Å². The van der Waals surface area contributed by atoms with Crippen molar-refractivity contribution >= 4 is 21.6 Å². The smallest absolute Gasteiger partial charge is 0.139 e. The summed E-state index contributed by atoms with van der Waals surface area (Å²) in [4.78, 5) is 0. The fourth-order valence-electron chi connectivity index (χ4n) is 1.12. The number of rotatable bonds is 2. The van der Waals surface area contributed by atoms with Gasteiger partial charge in [0.05, 0.1) is 6.10 Å². The molecule has 1 aliphatic rings. The molecule has 0 radical (unpaired) electrons. The van der Waals surface area contributed by atoms with Gasteiger partial charge in [0.25, 0.3) is 0 Å². The first-order chi connectivity index (χ1) is 5.66. The van der Waals surface area contributed by atoms with Crippen molar-refractivity contribution in [1.29, 1.82) is 0 Å². The van der Waals surface area contributed by atoms with Gasteiger partial charge in [-0.25, -0.2) is 0 Å². The van der Waals surface area contributed by atoms with Crippen molar-refractivity contribution in [3.8, 4) is 0 Å². The predicted octanol–water partition coefficient (Wildman–Crippen LogP) is -0.239. The van der Waals surface area contributed by atoms with Crippen LogP contribution in [0, 0.1) is 0 Å². The Kier molecular flexibility index (Phi) is 3.61. The van der Waals surface area contributed by atoms with E-state index in [1.165, 1.54) is 6.08 Å². The van der Waals surface area contributed by atoms with Crippen molar-refractivity contribution in [2.45, 2.75) is 17.6 Å². The molecule has 12 heavy (non-hydrogen) atoms. The van der Waals surface area contributed by atoms with Crippen molar-refractivity contribution in [2.75, 3.05) is 11.5 Å². The lowest BCUT2D eigenvalue weighted by Crippen LogP contribution is -2.28. The zero-order valence-corrected chi connectivity index (χ0v) is 8.44. The second-order valence-electron chi connectivity index (χ2n) is 2.55. The molecule has 1 saturated heterocycles. The first-order valence-electron chi connectivity index (χ1n) is 3.72. The van der Waals surface area contributed by atoms with E-state index in [1.807, 2.05) is 0 Å². The van der Waals surface area contributed by atoms with Crippen molar-refractivity contribution in [3.05, 3.63) is 12.2 Å². The topological polar surface area (TPSA) is 54.4 Å². The lowest BCUT2D eigenvalue weighted by molar-refractivity contribution is 0.239. The Morgan fingerprint density at radius 3 is 2.33 bits per heavy atom. The molecule has 0 bridgehead atoms. The lowest BCUT2D eigenvalue weighted by atomic mass is 10.4. The van der Waals surface area contributed by atoms with Crippen LogP contribution in [0.3, 0.4) is 0 Å². The van der Waals surface area contributed by atoms with Crippen LogP contribution in [-0.4, -0.2) is 35.7 Å². The number of aliphatic hydroxyl groups is 1. The Bertz CT molecular complexity index is 221. The van der Waals surface area contributed by atoms with E-state index in [4.69, 9.17) is 0 Å². The van der Waals surface area contributed by atoms with Crippen LogP contribution >= 0.6 is 0 Å². The summed E-state index contributed by atoms with van der Waals surface area (Å²) in [5, 5.41) is 9.42. The predicted molar refractivity (Wildman–Crippen MR) is 50.6 cm³/mol. The molecule has 0 aromatic rings. The lowest BCUT2D eigenvalue weighted by Gasteiger charge is -2.10. The van der Waals surface area contributed by atoms with E-state index in [-0.39, 0.29) is 0 Å². The molecule has 3 atom stereocenters. The standard InChI is InChI=1S/C7H12O3S2/c1-2-3-6(8)7-11(9)4-5-12(7)10/h2-3,6-8H,4-5H2,1H3/b3-2+/t6-,11+,12+/m0/s1. The van der Waals surface area contributed by atoms with Gasteiger partial charge in [0.2, 0.25) is 0 Å². The molecular formula is C7H12O3S2. The molecule has 70 valence electrons. The normalized spacial score (nSPS) is 34.5. The maximum absolute atomic E-state index is 11.2. The molecule has 5 heteroatoms. The molecule has 3 nitrogen and oxygen atoms in total. The van der Waals surface area contributed by atoms with Gasteiger partial charge in [-0.1, -0.05) is 12.2 Å². The highest BCUT2D eigenvalue weighted by Gasteiger charge is 2.35. The largest absolute Gasteiger partial charge is 0.387 e. The SMILES string of the molecule is C/C=C/[C@H](O)C1[S@](=O)CC[S@]1=O. The Balaban J connectivity index is 2.72. The summed E-state index contributed by atoms with van der Waals surface area (Å²) in [5.41, 5.74) is 0. The highest BCUT2D eigenvalue weighted by atomic mass is 32.3. The highest BCUT2D eigenvalue weighted by molar-refractivity contribution is 8.06. The van der Waals surface area contributed by atoms with E-state index in [1.54, 1.807) is 13.0 Å². The Labute approximate surface area is 76.8 Å². The summed E-state index contributed by atoms with van der Waals surface area (Å²) in [7, 11) is -2.25. The van der Waals surface area contributed by atoms with E-state index in [9.17, 15) is 13.5 Å². The van der Waals surface area contributed by atoms with Gasteiger partial charge in [0, 0.05) is 33.1 Å². The molecule has 0 saturated carbocycles. The van der Waals surface area contributed by atoms with Crippen molar-refractivity contribution < 1.29 is 13.5 Å². The van der Waals surface area contributed by atoms with Crippen LogP contribution in [-0.2, 0) is 21.6 Å². The maximum atomic E-state index is 11.2. The Morgan fingerprint density at radius 2 is 1.92 bits per heavy atom. The number of allylic oxidation sites excluding steroid dienone is 1. The van der Waals surface area contributed by atoms with E-state index < -0.39 is 32.3 Å². The minimum absolute atomic E-state index is 0.450. The molecule has 0 aromatic heterocycles. The quantitative estimate of drug-likeness (QED) is 0.637. The first kappa shape index (κ1) is 10.1. The zero-order chi connectivity index (χ0) is 9.14. The molecule has 0 aliphatic carbocycles. The second kappa shape index (κ2) is 4.30. The molecular weight excluding hydrogens is 196 g/mol. The second-order valence-corrected chi connectivity index (χ2v) is 6.21. The third-order valence-corrected chi connectivity index (χ3v) is 6.03. The summed E-state index contributed by atoms with van der Waals surface area (Å²) >= 11 is 0. The third-order valence-electron chi connectivity index (χ3n) is 1.67. The average molecular weight is 208 g/mol. The maximum Gasteiger partial charge on any atom is 0.139 e. The fourth-order valence-corrected chi connectivity index (χ4v) is 5.23. The van der Waals surface area contributed by atoms with Gasteiger partial charge in [-0.2, -0.15) is 0 Å². The van der Waals surface area contributed by atoms with Gasteiger partial charge in [-0.15, -0.1) is 0 Å². The van der Waals surface area contributed by atoms with Gasteiger partial charge < -0.3 is 5.11 Å². The summed E-state index contributed by atoms with van der Waals surface area (Å²) in [6.07, 6.45) is 2.39. The molecule has 0 unspecified atom stereocenters. The fraction of sp³-hybridized carbons (Fsp3) is 0.714. The third kappa shape index (κ3) is 2.02. The van der Waals surface area contributed by atoms with E-state index in [2.05, 4.69) is 0 Å². The minimum Gasteiger partial charge on any atom is -0.387 e. The van der Waals surface area contributed by atoms with Crippen LogP contribution in [0.2, 0.25) is 0 Å². The summed E-state index contributed by atoms with van der Waals surface area (Å²) in [5.74, 6) is 0.901. The van der Waals surface area contributed by atoms with Gasteiger partial charge in [0.15, 0.2) is 0 Å². The Hall–Kier alpha value is -0.0000000000000000555. The van der Waals surface area contributed by atoms with Crippen molar-refractivity contribution in [1.82, 2.24) is 0 Å². The molecule has 0 aromatic carbocycles. The van der Waals surface area contributed by atoms with Gasteiger partial charge in [-0.3, -0.25) is 8.42 Å². The molecule has 1 N–H and O–H groups in total. The van der Waals surface area contributed by atoms with Gasteiger partial charge in [-0.05, 0) is 6.92 Å². The van der Waals surface area contributed by atoms with E-state index in [0.29, 0.717) is 11.5 Å². The number of aliphatic hydroxyl groups excluding tert-OH is 1. The van der Waals surface area contributed by atoms with Crippen LogP contribution in [0.5, 0.6) is 0 Å². The van der Waals surface area contributed by atoms with Crippen molar-refractivity contribution in [3.63, 3.8) is 0 Å². The average Bonchev–Trinajstić information content (AvgIpc) is 2.32. The van der Waals surface area contributed by atoms with Crippen LogP contribution in [0.15, 0.2) is 12.2 Å². The molecule has 1 heterocycles. The van der Waals surface area contributed by atoms with Gasteiger partial charge in [0.1, 0.15) is 4.58 Å². The Morgan fingerprint density at radius 1 is 1.42 bits per heavy atom.